The van der Waals surface area contributed by atoms with Gasteiger partial charge in [0.05, 0.1) is 0 Å². The number of amides is 1. The molecule has 3 nitrogen and oxygen atoms in total. The molecule has 1 amide bonds. The van der Waals surface area contributed by atoms with Crippen molar-refractivity contribution in [1.82, 2.24) is 5.43 Å². The van der Waals surface area contributed by atoms with E-state index in [2.05, 4.69) is 29.6 Å². The highest BCUT2D eigenvalue weighted by atomic mass is 16.2. The number of nitrogens with zero attached hydrogens (tertiary/aromatic N) is 1. The van der Waals surface area contributed by atoms with E-state index in [-0.39, 0.29) is 5.91 Å². The lowest BCUT2D eigenvalue weighted by Gasteiger charge is -2.04. The maximum atomic E-state index is 11.8. The molecular formula is C20H32N2O. The molecule has 1 aromatic carbocycles. The quantitative estimate of drug-likeness (QED) is 0.319. The number of hydrogen-bond donors (Lipinski definition) is 1. The zero-order valence-electron chi connectivity index (χ0n) is 14.8. The van der Waals surface area contributed by atoms with E-state index in [0.29, 0.717) is 6.42 Å². The van der Waals surface area contributed by atoms with Crippen molar-refractivity contribution in [2.75, 3.05) is 0 Å². The third-order valence-electron chi connectivity index (χ3n) is 3.93. The number of carbonyl (C=O) groups is 1. The van der Waals surface area contributed by atoms with Crippen molar-refractivity contribution in [3.8, 4) is 0 Å². The fraction of sp³-hybridized carbons (Fsp3) is 0.600. The van der Waals surface area contributed by atoms with Crippen LogP contribution in [0.25, 0.3) is 0 Å². The van der Waals surface area contributed by atoms with Gasteiger partial charge in [-0.25, -0.2) is 5.43 Å². The molecule has 3 heteroatoms. The number of carbonyl (C=O) groups excluding carboxylic acids is 1. The monoisotopic (exact) mass is 316 g/mol. The molecule has 0 aliphatic carbocycles. The van der Waals surface area contributed by atoms with E-state index in [0.717, 1.165) is 25.0 Å². The first-order valence-electron chi connectivity index (χ1n) is 9.08. The lowest BCUT2D eigenvalue weighted by atomic mass is 10.1. The van der Waals surface area contributed by atoms with E-state index in [4.69, 9.17) is 0 Å². The van der Waals surface area contributed by atoms with E-state index < -0.39 is 0 Å². The van der Waals surface area contributed by atoms with Crippen molar-refractivity contribution in [2.24, 2.45) is 5.10 Å². The minimum absolute atomic E-state index is 0.0309. The standard InChI is InChI=1S/C20H32N2O/c1-3-4-5-6-7-8-9-13-16-20(23)22-21-18(2)17-19-14-11-10-12-15-19/h10-12,14-15H,3-9,13,16-17H2,1-2H3,(H,22,23)/b21-18+. The smallest absolute Gasteiger partial charge is 0.240 e. The normalized spacial score (nSPS) is 11.5. The third kappa shape index (κ3) is 10.7. The summed E-state index contributed by atoms with van der Waals surface area (Å²) in [7, 11) is 0. The molecular weight excluding hydrogens is 284 g/mol. The fourth-order valence-corrected chi connectivity index (χ4v) is 2.56. The number of unbranched alkanes of at least 4 members (excludes halogenated alkanes) is 7. The number of nitrogens with one attached hydrogen (secondary N) is 1. The van der Waals surface area contributed by atoms with E-state index >= 15 is 0 Å². The van der Waals surface area contributed by atoms with Crippen molar-refractivity contribution >= 4 is 11.6 Å². The van der Waals surface area contributed by atoms with Gasteiger partial charge in [0.2, 0.25) is 5.91 Å². The van der Waals surface area contributed by atoms with Crippen LogP contribution in [0.5, 0.6) is 0 Å². The summed E-state index contributed by atoms with van der Waals surface area (Å²) < 4.78 is 0. The van der Waals surface area contributed by atoms with Crippen LogP contribution in [-0.4, -0.2) is 11.6 Å². The number of rotatable bonds is 12. The molecule has 0 unspecified atom stereocenters. The zero-order chi connectivity index (χ0) is 16.8. The second-order valence-corrected chi connectivity index (χ2v) is 6.27. The molecule has 0 aliphatic heterocycles. The van der Waals surface area contributed by atoms with Gasteiger partial charge in [-0.2, -0.15) is 5.10 Å². The summed E-state index contributed by atoms with van der Waals surface area (Å²) in [5, 5.41) is 4.19. The minimum Gasteiger partial charge on any atom is -0.273 e. The summed E-state index contributed by atoms with van der Waals surface area (Å²) in [5.74, 6) is 0.0309. The van der Waals surface area contributed by atoms with Gasteiger partial charge in [-0.3, -0.25) is 4.79 Å². The molecule has 0 saturated heterocycles. The largest absolute Gasteiger partial charge is 0.273 e. The summed E-state index contributed by atoms with van der Waals surface area (Å²) >= 11 is 0. The SMILES string of the molecule is CCCCCCCCCCC(=O)N/N=C(\C)Cc1ccccc1. The Morgan fingerprint density at radius 3 is 2.22 bits per heavy atom. The van der Waals surface area contributed by atoms with Crippen LogP contribution in [0.4, 0.5) is 0 Å². The predicted octanol–water partition coefficient (Wildman–Crippen LogP) is 5.25. The summed E-state index contributed by atoms with van der Waals surface area (Å²) in [6.07, 6.45) is 11.3. The van der Waals surface area contributed by atoms with Crippen LogP contribution in [-0.2, 0) is 11.2 Å². The van der Waals surface area contributed by atoms with Crippen molar-refractivity contribution in [1.29, 1.82) is 0 Å². The lowest BCUT2D eigenvalue weighted by molar-refractivity contribution is -0.121. The molecule has 0 radical (unpaired) electrons. The number of hydrogen-bond acceptors (Lipinski definition) is 2. The molecule has 23 heavy (non-hydrogen) atoms. The Bertz CT molecular complexity index is 454. The fourth-order valence-electron chi connectivity index (χ4n) is 2.56. The zero-order valence-corrected chi connectivity index (χ0v) is 14.8. The van der Waals surface area contributed by atoms with Crippen LogP contribution in [0.3, 0.4) is 0 Å². The van der Waals surface area contributed by atoms with Gasteiger partial charge >= 0.3 is 0 Å². The average Bonchev–Trinajstić information content (AvgIpc) is 2.56. The van der Waals surface area contributed by atoms with Crippen molar-refractivity contribution in [2.45, 2.75) is 78.1 Å². The molecule has 0 bridgehead atoms. The Balaban J connectivity index is 2.06. The molecule has 0 aliphatic rings. The molecule has 1 N–H and O–H groups in total. The molecule has 0 heterocycles. The van der Waals surface area contributed by atoms with E-state index in [1.807, 2.05) is 25.1 Å². The van der Waals surface area contributed by atoms with Crippen molar-refractivity contribution in [3.05, 3.63) is 35.9 Å². The lowest BCUT2D eigenvalue weighted by Crippen LogP contribution is -2.19. The van der Waals surface area contributed by atoms with Crippen LogP contribution < -0.4 is 5.43 Å². The molecule has 1 aromatic rings. The first kappa shape index (κ1) is 19.4. The van der Waals surface area contributed by atoms with Gasteiger partial charge in [0, 0.05) is 18.6 Å². The highest BCUT2D eigenvalue weighted by Crippen LogP contribution is 2.09. The molecule has 1 rings (SSSR count). The van der Waals surface area contributed by atoms with Crippen LogP contribution in [0.1, 0.15) is 77.2 Å². The molecule has 0 aromatic heterocycles. The number of hydrazone groups is 1. The Morgan fingerprint density at radius 1 is 0.957 bits per heavy atom. The summed E-state index contributed by atoms with van der Waals surface area (Å²) in [6, 6.07) is 10.2. The second-order valence-electron chi connectivity index (χ2n) is 6.27. The molecule has 128 valence electrons. The molecule has 0 fully saturated rings. The molecule has 0 saturated carbocycles. The van der Waals surface area contributed by atoms with Gasteiger partial charge in [0.1, 0.15) is 0 Å². The summed E-state index contributed by atoms with van der Waals surface area (Å²) in [6.45, 7) is 4.19. The Labute approximate surface area is 141 Å². The van der Waals surface area contributed by atoms with Crippen LogP contribution in [0.15, 0.2) is 35.4 Å². The van der Waals surface area contributed by atoms with Crippen LogP contribution in [0.2, 0.25) is 0 Å². The van der Waals surface area contributed by atoms with E-state index in [9.17, 15) is 4.79 Å². The first-order chi connectivity index (χ1) is 11.2. The van der Waals surface area contributed by atoms with Gasteiger partial charge in [-0.05, 0) is 18.9 Å². The van der Waals surface area contributed by atoms with Crippen molar-refractivity contribution < 1.29 is 4.79 Å². The molecule has 0 atom stereocenters. The summed E-state index contributed by atoms with van der Waals surface area (Å²) in [5.41, 5.74) is 4.82. The topological polar surface area (TPSA) is 41.5 Å². The van der Waals surface area contributed by atoms with Crippen LogP contribution in [0, 0.1) is 0 Å². The maximum Gasteiger partial charge on any atom is 0.240 e. The minimum atomic E-state index is 0.0309. The predicted molar refractivity (Wildman–Crippen MR) is 98.6 cm³/mol. The van der Waals surface area contributed by atoms with Gasteiger partial charge in [-0.15, -0.1) is 0 Å². The van der Waals surface area contributed by atoms with Crippen LogP contribution >= 0.6 is 0 Å². The van der Waals surface area contributed by atoms with Gasteiger partial charge in [0.15, 0.2) is 0 Å². The van der Waals surface area contributed by atoms with Gasteiger partial charge in [0.25, 0.3) is 0 Å². The van der Waals surface area contributed by atoms with E-state index in [1.165, 1.54) is 44.1 Å². The Hall–Kier alpha value is -1.64. The Kier molecular flexibility index (Phi) is 10.9. The van der Waals surface area contributed by atoms with Gasteiger partial charge < -0.3 is 0 Å². The van der Waals surface area contributed by atoms with E-state index in [1.54, 1.807) is 0 Å². The third-order valence-corrected chi connectivity index (χ3v) is 3.93. The van der Waals surface area contributed by atoms with Gasteiger partial charge in [-0.1, -0.05) is 82.2 Å². The van der Waals surface area contributed by atoms with Crippen molar-refractivity contribution in [3.63, 3.8) is 0 Å². The Morgan fingerprint density at radius 2 is 1.57 bits per heavy atom. The highest BCUT2D eigenvalue weighted by molar-refractivity contribution is 5.86. The maximum absolute atomic E-state index is 11.8. The number of benzene rings is 1. The molecule has 0 spiro atoms. The highest BCUT2D eigenvalue weighted by Gasteiger charge is 2.01. The first-order valence-corrected chi connectivity index (χ1v) is 9.08. The second kappa shape index (κ2) is 12.9. The average molecular weight is 316 g/mol. The summed E-state index contributed by atoms with van der Waals surface area (Å²) in [4.78, 5) is 11.8.